The highest BCUT2D eigenvalue weighted by Crippen LogP contribution is 2.65. The summed E-state index contributed by atoms with van der Waals surface area (Å²) in [6.07, 6.45) is 6.99. The van der Waals surface area contributed by atoms with Gasteiger partial charge in [-0.05, 0) is 91.1 Å². The number of ether oxygens (including phenoxy) is 2. The summed E-state index contributed by atoms with van der Waals surface area (Å²) in [5, 5.41) is 2.64. The molecular formula is C22H27ClO2. The number of hydrogen-bond donors (Lipinski definition) is 0. The number of benzene rings is 1. The molecule has 2 saturated carbocycles. The molecule has 4 rings (SSSR count). The van der Waals surface area contributed by atoms with Gasteiger partial charge in [-0.3, -0.25) is 0 Å². The van der Waals surface area contributed by atoms with Crippen LogP contribution >= 0.6 is 11.6 Å². The second-order valence-electron chi connectivity index (χ2n) is 8.23. The Labute approximate surface area is 156 Å². The summed E-state index contributed by atoms with van der Waals surface area (Å²) in [6.45, 7) is 2.40. The fourth-order valence-electron chi connectivity index (χ4n) is 6.35. The van der Waals surface area contributed by atoms with E-state index >= 15 is 0 Å². The van der Waals surface area contributed by atoms with Gasteiger partial charge in [0, 0.05) is 17.9 Å². The van der Waals surface area contributed by atoms with Crippen LogP contribution in [0.25, 0.3) is 0 Å². The fourth-order valence-corrected chi connectivity index (χ4v) is 6.50. The van der Waals surface area contributed by atoms with E-state index in [4.69, 9.17) is 21.1 Å². The molecule has 1 aromatic rings. The third kappa shape index (κ3) is 2.36. The van der Waals surface area contributed by atoms with Gasteiger partial charge in [0.1, 0.15) is 11.4 Å². The molecule has 0 radical (unpaired) electrons. The molecule has 0 saturated heterocycles. The van der Waals surface area contributed by atoms with E-state index in [9.17, 15) is 0 Å². The average Bonchev–Trinajstić information content (AvgIpc) is 2.94. The molecule has 25 heavy (non-hydrogen) atoms. The van der Waals surface area contributed by atoms with Crippen LogP contribution in [0.4, 0.5) is 0 Å². The topological polar surface area (TPSA) is 18.5 Å². The highest BCUT2D eigenvalue weighted by atomic mass is 35.5. The summed E-state index contributed by atoms with van der Waals surface area (Å²) >= 11 is 5.82. The Kier molecular flexibility index (Phi) is 4.29. The zero-order valence-electron chi connectivity index (χ0n) is 15.4. The van der Waals surface area contributed by atoms with Crippen molar-refractivity contribution in [1.29, 1.82) is 0 Å². The van der Waals surface area contributed by atoms with Crippen molar-refractivity contribution in [2.75, 3.05) is 14.2 Å². The predicted molar refractivity (Wildman–Crippen MR) is 101 cm³/mol. The van der Waals surface area contributed by atoms with Crippen LogP contribution in [-0.4, -0.2) is 19.8 Å². The summed E-state index contributed by atoms with van der Waals surface area (Å²) in [4.78, 5) is 0. The van der Waals surface area contributed by atoms with Crippen LogP contribution in [0.5, 0.6) is 5.75 Å². The minimum Gasteiger partial charge on any atom is -0.497 e. The van der Waals surface area contributed by atoms with Crippen LogP contribution in [0.1, 0.15) is 56.1 Å². The van der Waals surface area contributed by atoms with Crippen molar-refractivity contribution in [3.8, 4) is 17.0 Å². The SMILES string of the molecule is COc1ccc2c(c1)CC[C@@H]1[C@@H]2CC[C@@]2(C)[C@H]1CCC2(C#CCl)OC. The van der Waals surface area contributed by atoms with E-state index in [0.29, 0.717) is 11.8 Å². The molecule has 0 aromatic heterocycles. The Morgan fingerprint density at radius 2 is 2.00 bits per heavy atom. The van der Waals surface area contributed by atoms with E-state index in [1.165, 1.54) is 24.8 Å². The van der Waals surface area contributed by atoms with E-state index in [0.717, 1.165) is 30.9 Å². The summed E-state index contributed by atoms with van der Waals surface area (Å²) in [5.41, 5.74) is 2.78. The van der Waals surface area contributed by atoms with E-state index in [2.05, 4.69) is 36.4 Å². The largest absolute Gasteiger partial charge is 0.497 e. The first-order valence-electron chi connectivity index (χ1n) is 9.43. The smallest absolute Gasteiger partial charge is 0.135 e. The zero-order chi connectivity index (χ0) is 17.7. The number of methoxy groups -OCH3 is 2. The van der Waals surface area contributed by atoms with Crippen LogP contribution in [0.15, 0.2) is 18.2 Å². The molecule has 134 valence electrons. The van der Waals surface area contributed by atoms with Gasteiger partial charge in [0.05, 0.1) is 7.11 Å². The minimum atomic E-state index is -0.370. The number of hydrogen-bond acceptors (Lipinski definition) is 2. The highest BCUT2D eigenvalue weighted by Gasteiger charge is 2.62. The van der Waals surface area contributed by atoms with Gasteiger partial charge in [0.15, 0.2) is 0 Å². The monoisotopic (exact) mass is 358 g/mol. The molecule has 1 unspecified atom stereocenters. The van der Waals surface area contributed by atoms with E-state index in [1.54, 1.807) is 12.7 Å². The van der Waals surface area contributed by atoms with E-state index in [1.807, 2.05) is 7.11 Å². The molecule has 0 N–H and O–H groups in total. The average molecular weight is 359 g/mol. The highest BCUT2D eigenvalue weighted by molar-refractivity contribution is 6.30. The normalized spacial score (nSPS) is 38.8. The van der Waals surface area contributed by atoms with Crippen LogP contribution in [-0.2, 0) is 11.2 Å². The first kappa shape index (κ1) is 17.3. The second-order valence-corrected chi connectivity index (χ2v) is 8.41. The molecule has 5 atom stereocenters. The Balaban J connectivity index is 1.69. The second kappa shape index (κ2) is 6.22. The Bertz CT molecular complexity index is 733. The van der Waals surface area contributed by atoms with Gasteiger partial charge in [-0.1, -0.05) is 18.9 Å². The Hall–Kier alpha value is -1.17. The maximum absolute atomic E-state index is 6.02. The molecule has 0 heterocycles. The molecule has 2 fully saturated rings. The molecule has 0 amide bonds. The maximum atomic E-state index is 6.02. The molecule has 0 aliphatic heterocycles. The molecular weight excluding hydrogens is 332 g/mol. The lowest BCUT2D eigenvalue weighted by Crippen LogP contribution is -2.51. The van der Waals surface area contributed by atoms with E-state index in [-0.39, 0.29) is 11.0 Å². The Morgan fingerprint density at radius 3 is 2.72 bits per heavy atom. The first-order valence-corrected chi connectivity index (χ1v) is 9.81. The fraction of sp³-hybridized carbons (Fsp3) is 0.636. The molecule has 1 aromatic carbocycles. The van der Waals surface area contributed by atoms with Gasteiger partial charge in [0.25, 0.3) is 0 Å². The van der Waals surface area contributed by atoms with Gasteiger partial charge < -0.3 is 9.47 Å². The van der Waals surface area contributed by atoms with Crippen molar-refractivity contribution in [1.82, 2.24) is 0 Å². The molecule has 0 bridgehead atoms. The van der Waals surface area contributed by atoms with Crippen molar-refractivity contribution < 1.29 is 9.47 Å². The summed E-state index contributed by atoms with van der Waals surface area (Å²) in [6, 6.07) is 6.68. The van der Waals surface area contributed by atoms with Crippen molar-refractivity contribution in [2.45, 2.75) is 57.0 Å². The lowest BCUT2D eigenvalue weighted by atomic mass is 9.53. The van der Waals surface area contributed by atoms with E-state index < -0.39 is 0 Å². The minimum absolute atomic E-state index is 0.106. The van der Waals surface area contributed by atoms with Crippen molar-refractivity contribution in [2.24, 2.45) is 17.3 Å². The van der Waals surface area contributed by atoms with Crippen molar-refractivity contribution in [3.05, 3.63) is 29.3 Å². The van der Waals surface area contributed by atoms with Crippen LogP contribution < -0.4 is 4.74 Å². The van der Waals surface area contributed by atoms with Crippen LogP contribution in [0, 0.1) is 28.6 Å². The summed E-state index contributed by atoms with van der Waals surface area (Å²) in [5.74, 6) is 6.30. The number of aryl methyl sites for hydroxylation is 1. The number of rotatable bonds is 2. The third-order valence-electron chi connectivity index (χ3n) is 7.65. The van der Waals surface area contributed by atoms with Gasteiger partial charge in [0.2, 0.25) is 0 Å². The van der Waals surface area contributed by atoms with Crippen molar-refractivity contribution >= 4 is 11.6 Å². The van der Waals surface area contributed by atoms with Gasteiger partial charge in [-0.15, -0.1) is 0 Å². The van der Waals surface area contributed by atoms with Gasteiger partial charge in [-0.25, -0.2) is 0 Å². The standard InChI is InChI=1S/C22H27ClO2/c1-21-10-8-18-17-7-5-16(24-2)14-15(17)4-6-19(18)20(21)9-11-22(21,25-3)12-13-23/h5,7,14,18-20H,4,6,8-11H2,1-3H3/t18-,19-,20+,21+,22?/m1/s1. The number of fused-ring (bicyclic) bond motifs is 5. The lowest BCUT2D eigenvalue weighted by molar-refractivity contribution is -0.0885. The van der Waals surface area contributed by atoms with Crippen LogP contribution in [0.3, 0.4) is 0 Å². The maximum Gasteiger partial charge on any atom is 0.135 e. The zero-order valence-corrected chi connectivity index (χ0v) is 16.2. The Morgan fingerprint density at radius 1 is 1.16 bits per heavy atom. The third-order valence-corrected chi connectivity index (χ3v) is 7.75. The van der Waals surface area contributed by atoms with Gasteiger partial charge >= 0.3 is 0 Å². The van der Waals surface area contributed by atoms with Crippen LogP contribution in [0.2, 0.25) is 0 Å². The lowest BCUT2D eigenvalue weighted by Gasteiger charge is -2.53. The number of halogens is 1. The molecule has 3 heteroatoms. The summed E-state index contributed by atoms with van der Waals surface area (Å²) in [7, 11) is 3.56. The quantitative estimate of drug-likeness (QED) is 0.682. The first-order chi connectivity index (χ1) is 12.1. The summed E-state index contributed by atoms with van der Waals surface area (Å²) < 4.78 is 11.4. The molecule has 0 spiro atoms. The molecule has 2 nitrogen and oxygen atoms in total. The molecule has 3 aliphatic rings. The predicted octanol–water partition coefficient (Wildman–Crippen LogP) is 5.14. The molecule has 3 aliphatic carbocycles. The van der Waals surface area contributed by atoms with Gasteiger partial charge in [-0.2, -0.15) is 0 Å². The van der Waals surface area contributed by atoms with Crippen molar-refractivity contribution in [3.63, 3.8) is 0 Å².